The number of amides is 1. The van der Waals surface area contributed by atoms with E-state index in [2.05, 4.69) is 9.73 Å². The number of carbonyl (C=O) groups is 1. The van der Waals surface area contributed by atoms with Gasteiger partial charge in [-0.2, -0.15) is 13.2 Å². The fraction of sp³-hybridized carbons (Fsp3) is 0.360. The van der Waals surface area contributed by atoms with E-state index in [9.17, 15) is 26.4 Å². The number of alkyl halides is 3. The molecule has 0 saturated heterocycles. The fourth-order valence-electron chi connectivity index (χ4n) is 3.65. The third-order valence-electron chi connectivity index (χ3n) is 5.45. The van der Waals surface area contributed by atoms with Crippen LogP contribution in [-0.4, -0.2) is 46.8 Å². The zero-order valence-electron chi connectivity index (χ0n) is 20.5. The number of rotatable bonds is 9. The topological polar surface area (TPSA) is 85.3 Å². The van der Waals surface area contributed by atoms with Crippen LogP contribution >= 0.6 is 11.3 Å². The molecule has 1 amide bonds. The number of ether oxygens (including phenoxy) is 2. The average molecular weight is 557 g/mol. The van der Waals surface area contributed by atoms with Gasteiger partial charge in [-0.3, -0.25) is 4.31 Å². The van der Waals surface area contributed by atoms with Crippen molar-refractivity contribution >= 4 is 48.4 Å². The van der Waals surface area contributed by atoms with Crippen LogP contribution in [0.4, 0.5) is 23.0 Å². The third kappa shape index (κ3) is 7.01. The molecule has 0 radical (unpaired) electrons. The molecule has 2 aromatic carbocycles. The number of aliphatic imine (C=N–C) groups is 1. The molecule has 200 valence electrons. The standard InChI is InChI=1S/C25H27F3N2O5S2/c1-4-35-22(29-24(31)34-3)18-11-13-19(14-12-18)37(32,33)30(16-8-7-15-25(26,27)28)23-17(2)20-9-5-6-10-21(20)36-23/h5-6,9-14H,4,7-8,15-16H2,1-3H3/b29-22-. The number of halogens is 3. The predicted molar refractivity (Wildman–Crippen MR) is 138 cm³/mol. The molecule has 1 aromatic heterocycles. The third-order valence-corrected chi connectivity index (χ3v) is 8.68. The minimum absolute atomic E-state index is 0.0253. The molecule has 0 aliphatic heterocycles. The molecule has 1 heterocycles. The van der Waals surface area contributed by atoms with E-state index in [1.807, 2.05) is 24.3 Å². The second kappa shape index (κ2) is 12.0. The lowest BCUT2D eigenvalue weighted by molar-refractivity contribution is -0.135. The molecular formula is C25H27F3N2O5S2. The Morgan fingerprint density at radius 1 is 1.08 bits per heavy atom. The number of hydrogen-bond acceptors (Lipinski definition) is 6. The lowest BCUT2D eigenvalue weighted by Gasteiger charge is -2.24. The summed E-state index contributed by atoms with van der Waals surface area (Å²) in [5.41, 5.74) is 1.10. The van der Waals surface area contributed by atoms with Gasteiger partial charge in [0, 0.05) is 23.2 Å². The summed E-state index contributed by atoms with van der Waals surface area (Å²) >= 11 is 1.28. The summed E-state index contributed by atoms with van der Waals surface area (Å²) in [7, 11) is -2.96. The molecule has 0 aliphatic rings. The Hall–Kier alpha value is -3.12. The van der Waals surface area contributed by atoms with E-state index in [1.165, 1.54) is 47.0 Å². The van der Waals surface area contributed by atoms with Crippen LogP contribution in [0.2, 0.25) is 0 Å². The molecule has 0 bridgehead atoms. The van der Waals surface area contributed by atoms with Crippen molar-refractivity contribution in [1.82, 2.24) is 0 Å². The lowest BCUT2D eigenvalue weighted by atomic mass is 10.2. The summed E-state index contributed by atoms with van der Waals surface area (Å²) in [6.07, 6.45) is -6.33. The van der Waals surface area contributed by atoms with Crippen molar-refractivity contribution in [1.29, 1.82) is 0 Å². The van der Waals surface area contributed by atoms with Gasteiger partial charge in [0.2, 0.25) is 5.90 Å². The highest BCUT2D eigenvalue weighted by Crippen LogP contribution is 2.40. The Balaban J connectivity index is 1.98. The minimum atomic E-state index is -4.31. The van der Waals surface area contributed by atoms with Crippen LogP contribution in [0.1, 0.15) is 37.3 Å². The van der Waals surface area contributed by atoms with Crippen LogP contribution in [0.3, 0.4) is 0 Å². The second-order valence-electron chi connectivity index (χ2n) is 8.02. The van der Waals surface area contributed by atoms with Crippen LogP contribution in [0, 0.1) is 6.92 Å². The number of benzene rings is 2. The number of thiophene rings is 1. The van der Waals surface area contributed by atoms with E-state index >= 15 is 0 Å². The molecule has 0 atom stereocenters. The number of anilines is 1. The number of carbonyl (C=O) groups excluding carboxylic acids is 1. The number of sulfonamides is 1. The van der Waals surface area contributed by atoms with Gasteiger partial charge in [-0.05, 0) is 68.0 Å². The molecule has 0 fully saturated rings. The van der Waals surface area contributed by atoms with Gasteiger partial charge in [-0.25, -0.2) is 13.2 Å². The first-order valence-corrected chi connectivity index (χ1v) is 13.7. The van der Waals surface area contributed by atoms with E-state index in [1.54, 1.807) is 13.8 Å². The zero-order valence-corrected chi connectivity index (χ0v) is 22.2. The molecule has 37 heavy (non-hydrogen) atoms. The summed E-state index contributed by atoms with van der Waals surface area (Å²) in [5.74, 6) is -0.0253. The van der Waals surface area contributed by atoms with Crippen LogP contribution < -0.4 is 4.31 Å². The smallest absolute Gasteiger partial charge is 0.436 e. The first-order chi connectivity index (χ1) is 17.5. The number of unbranched alkanes of at least 4 members (excludes halogenated alkanes) is 1. The molecule has 3 aromatic rings. The van der Waals surface area contributed by atoms with Crippen molar-refractivity contribution in [3.8, 4) is 0 Å². The molecule has 3 rings (SSSR count). The summed E-state index contributed by atoms with van der Waals surface area (Å²) in [6, 6.07) is 13.0. The van der Waals surface area contributed by atoms with Crippen LogP contribution in [-0.2, 0) is 19.5 Å². The quantitative estimate of drug-likeness (QED) is 0.167. The van der Waals surface area contributed by atoms with Crippen molar-refractivity contribution in [2.75, 3.05) is 24.6 Å². The van der Waals surface area contributed by atoms with Crippen LogP contribution in [0.25, 0.3) is 10.1 Å². The summed E-state index contributed by atoms with van der Waals surface area (Å²) in [4.78, 5) is 15.2. The van der Waals surface area contributed by atoms with Crippen molar-refractivity contribution in [2.45, 2.75) is 44.2 Å². The van der Waals surface area contributed by atoms with Crippen molar-refractivity contribution < 1.29 is 35.9 Å². The predicted octanol–water partition coefficient (Wildman–Crippen LogP) is 6.69. The number of nitrogens with zero attached hydrogens (tertiary/aromatic N) is 2. The molecule has 12 heteroatoms. The Labute approximate surface area is 217 Å². The Bertz CT molecular complexity index is 1370. The molecule has 0 N–H and O–H groups in total. The molecule has 0 saturated carbocycles. The number of aryl methyl sites for hydroxylation is 1. The van der Waals surface area contributed by atoms with Crippen LogP contribution in [0.5, 0.6) is 0 Å². The van der Waals surface area contributed by atoms with Gasteiger partial charge in [-0.15, -0.1) is 16.3 Å². The maximum atomic E-state index is 13.8. The summed E-state index contributed by atoms with van der Waals surface area (Å²) in [6.45, 7) is 3.61. The average Bonchev–Trinajstić information content (AvgIpc) is 3.19. The van der Waals surface area contributed by atoms with Crippen molar-refractivity contribution in [2.24, 2.45) is 4.99 Å². The summed E-state index contributed by atoms with van der Waals surface area (Å²) in [5, 5.41) is 1.34. The monoisotopic (exact) mass is 556 g/mol. The highest BCUT2D eigenvalue weighted by molar-refractivity contribution is 7.93. The van der Waals surface area contributed by atoms with Gasteiger partial charge >= 0.3 is 12.3 Å². The Morgan fingerprint density at radius 3 is 2.35 bits per heavy atom. The van der Waals surface area contributed by atoms with E-state index in [0.29, 0.717) is 10.6 Å². The van der Waals surface area contributed by atoms with E-state index in [-0.39, 0.29) is 36.8 Å². The fourth-order valence-corrected chi connectivity index (χ4v) is 6.66. The highest BCUT2D eigenvalue weighted by Gasteiger charge is 2.30. The minimum Gasteiger partial charge on any atom is -0.477 e. The Kier molecular flexibility index (Phi) is 9.19. The van der Waals surface area contributed by atoms with Crippen LogP contribution in [0.15, 0.2) is 58.4 Å². The van der Waals surface area contributed by atoms with Gasteiger partial charge in [0.15, 0.2) is 0 Å². The van der Waals surface area contributed by atoms with E-state index in [0.717, 1.165) is 15.6 Å². The first-order valence-electron chi connectivity index (χ1n) is 11.5. The molecule has 0 aliphatic carbocycles. The zero-order chi connectivity index (χ0) is 27.2. The normalized spacial score (nSPS) is 12.5. The van der Waals surface area contributed by atoms with Crippen molar-refractivity contribution in [3.05, 3.63) is 59.7 Å². The SMILES string of the molecule is CCO/C(=N\C(=O)OC)c1ccc(S(=O)(=O)N(CCCCC(F)(F)F)c2sc3ccccc3c2C)cc1. The van der Waals surface area contributed by atoms with Gasteiger partial charge in [0.05, 0.1) is 18.6 Å². The molecule has 0 spiro atoms. The number of hydrogen-bond donors (Lipinski definition) is 0. The molecular weight excluding hydrogens is 529 g/mol. The van der Waals surface area contributed by atoms with E-state index in [4.69, 9.17) is 4.74 Å². The van der Waals surface area contributed by atoms with Gasteiger partial charge in [-0.1, -0.05) is 18.2 Å². The van der Waals surface area contributed by atoms with Gasteiger partial charge in [0.25, 0.3) is 10.0 Å². The number of fused-ring (bicyclic) bond motifs is 1. The maximum absolute atomic E-state index is 13.8. The number of methoxy groups -OCH3 is 1. The highest BCUT2D eigenvalue weighted by atomic mass is 32.2. The molecule has 7 nitrogen and oxygen atoms in total. The van der Waals surface area contributed by atoms with E-state index < -0.39 is 28.7 Å². The first kappa shape index (κ1) is 28.5. The largest absolute Gasteiger partial charge is 0.477 e. The van der Waals surface area contributed by atoms with Crippen molar-refractivity contribution in [3.63, 3.8) is 0 Å². The lowest BCUT2D eigenvalue weighted by Crippen LogP contribution is -2.32. The van der Waals surface area contributed by atoms with Gasteiger partial charge < -0.3 is 9.47 Å². The maximum Gasteiger partial charge on any atom is 0.436 e. The molecule has 0 unspecified atom stereocenters. The summed E-state index contributed by atoms with van der Waals surface area (Å²) < 4.78 is 77.6. The second-order valence-corrected chi connectivity index (χ2v) is 10.9. The van der Waals surface area contributed by atoms with Gasteiger partial charge in [0.1, 0.15) is 5.00 Å². The Morgan fingerprint density at radius 2 is 1.76 bits per heavy atom.